The highest BCUT2D eigenvalue weighted by Gasteiger charge is 2.14. The molecule has 1 aromatic heterocycles. The van der Waals surface area contributed by atoms with Crippen LogP contribution >= 0.6 is 0 Å². The molecule has 0 aliphatic heterocycles. The van der Waals surface area contributed by atoms with Gasteiger partial charge in [-0.15, -0.1) is 5.10 Å². The summed E-state index contributed by atoms with van der Waals surface area (Å²) in [5.41, 5.74) is 10.8. The summed E-state index contributed by atoms with van der Waals surface area (Å²) in [6.07, 6.45) is 0. The maximum Gasteiger partial charge on any atom is 0.189 e. The molecule has 0 spiro atoms. The fourth-order valence-electron chi connectivity index (χ4n) is 2.16. The zero-order valence-electron chi connectivity index (χ0n) is 11.4. The number of rotatable bonds is 2. The predicted octanol–water partition coefficient (Wildman–Crippen LogP) is 2.53. The van der Waals surface area contributed by atoms with E-state index in [9.17, 15) is 0 Å². The van der Waals surface area contributed by atoms with Crippen molar-refractivity contribution in [3.8, 4) is 17.1 Å². The minimum Gasteiger partial charge on any atom is -0.398 e. The van der Waals surface area contributed by atoms with E-state index in [1.54, 1.807) is 4.68 Å². The van der Waals surface area contributed by atoms with Crippen LogP contribution in [0.2, 0.25) is 0 Å². The van der Waals surface area contributed by atoms with Gasteiger partial charge in [0, 0.05) is 11.3 Å². The minimum atomic E-state index is 0.650. The summed E-state index contributed by atoms with van der Waals surface area (Å²) >= 11 is 0. The first-order valence-electron chi connectivity index (χ1n) is 6.37. The van der Waals surface area contributed by atoms with E-state index >= 15 is 0 Å². The predicted molar refractivity (Wildman–Crippen MR) is 78.5 cm³/mol. The number of nitrogens with zero attached hydrogens (tertiary/aromatic N) is 4. The van der Waals surface area contributed by atoms with Gasteiger partial charge in [0.05, 0.1) is 5.69 Å². The molecule has 2 aromatic carbocycles. The Morgan fingerprint density at radius 2 is 1.85 bits per heavy atom. The van der Waals surface area contributed by atoms with E-state index in [1.807, 2.05) is 56.3 Å². The molecule has 5 heteroatoms. The second-order valence-electron chi connectivity index (χ2n) is 4.79. The van der Waals surface area contributed by atoms with Crippen LogP contribution in [0.15, 0.2) is 42.5 Å². The molecule has 0 saturated heterocycles. The first-order chi connectivity index (χ1) is 9.66. The fraction of sp³-hybridized carbons (Fsp3) is 0.133. The van der Waals surface area contributed by atoms with Gasteiger partial charge in [-0.2, -0.15) is 4.68 Å². The Kier molecular flexibility index (Phi) is 2.95. The minimum absolute atomic E-state index is 0.650. The molecule has 3 rings (SSSR count). The van der Waals surface area contributed by atoms with Gasteiger partial charge in [0.2, 0.25) is 0 Å². The van der Waals surface area contributed by atoms with Gasteiger partial charge < -0.3 is 5.73 Å². The number of hydrogen-bond donors (Lipinski definition) is 1. The van der Waals surface area contributed by atoms with Gasteiger partial charge in [0.25, 0.3) is 0 Å². The molecule has 3 aromatic rings. The Hall–Kier alpha value is -2.69. The number of nitrogens with two attached hydrogens (primary N) is 1. The first-order valence-corrected chi connectivity index (χ1v) is 6.37. The molecule has 0 radical (unpaired) electrons. The Labute approximate surface area is 117 Å². The first kappa shape index (κ1) is 12.3. The standard InChI is InChI=1S/C15H15N5/c1-10-5-3-7-12(9-10)20-15(17-18-19-20)13-8-4-6-11(2)14(13)16/h3-9H,16H2,1-2H3. The van der Waals surface area contributed by atoms with Gasteiger partial charge in [-0.25, -0.2) is 0 Å². The Balaban J connectivity index is 2.18. The van der Waals surface area contributed by atoms with Crippen LogP contribution in [0.4, 0.5) is 5.69 Å². The number of nitrogen functional groups attached to an aromatic ring is 1. The molecule has 0 aliphatic rings. The number of benzene rings is 2. The average molecular weight is 265 g/mol. The monoisotopic (exact) mass is 265 g/mol. The number of aromatic nitrogens is 4. The zero-order valence-corrected chi connectivity index (χ0v) is 11.4. The van der Waals surface area contributed by atoms with Crippen LogP contribution in [-0.4, -0.2) is 20.2 Å². The summed E-state index contributed by atoms with van der Waals surface area (Å²) < 4.78 is 1.71. The van der Waals surface area contributed by atoms with Gasteiger partial charge in [-0.1, -0.05) is 24.3 Å². The number of anilines is 1. The summed E-state index contributed by atoms with van der Waals surface area (Å²) in [7, 11) is 0. The third-order valence-corrected chi connectivity index (χ3v) is 3.28. The summed E-state index contributed by atoms with van der Waals surface area (Å²) in [6, 6.07) is 13.9. The molecule has 0 amide bonds. The number of para-hydroxylation sites is 1. The Morgan fingerprint density at radius 1 is 1.05 bits per heavy atom. The maximum atomic E-state index is 6.14. The van der Waals surface area contributed by atoms with Gasteiger partial charge in [0.1, 0.15) is 0 Å². The molecule has 0 aliphatic carbocycles. The lowest BCUT2D eigenvalue weighted by atomic mass is 10.1. The highest BCUT2D eigenvalue weighted by molar-refractivity contribution is 5.74. The van der Waals surface area contributed by atoms with Gasteiger partial charge in [0.15, 0.2) is 5.82 Å². The third-order valence-electron chi connectivity index (χ3n) is 3.28. The molecular weight excluding hydrogens is 250 g/mol. The second kappa shape index (κ2) is 4.77. The van der Waals surface area contributed by atoms with Gasteiger partial charge in [-0.05, 0) is 53.6 Å². The lowest BCUT2D eigenvalue weighted by Gasteiger charge is -2.09. The molecule has 0 fully saturated rings. The lowest BCUT2D eigenvalue weighted by molar-refractivity contribution is 0.790. The maximum absolute atomic E-state index is 6.14. The van der Waals surface area contributed by atoms with Crippen LogP contribution in [0.25, 0.3) is 17.1 Å². The Bertz CT molecular complexity index is 760. The second-order valence-corrected chi connectivity index (χ2v) is 4.79. The van der Waals surface area contributed by atoms with Crippen LogP contribution in [0.1, 0.15) is 11.1 Å². The topological polar surface area (TPSA) is 69.6 Å². The van der Waals surface area contributed by atoms with Crippen LogP contribution in [0, 0.1) is 13.8 Å². The molecular formula is C15H15N5. The molecule has 0 saturated carbocycles. The number of tetrazole rings is 1. The van der Waals surface area contributed by atoms with Crippen molar-refractivity contribution in [3.05, 3.63) is 53.6 Å². The molecule has 1 heterocycles. The van der Waals surface area contributed by atoms with Crippen LogP contribution in [-0.2, 0) is 0 Å². The number of hydrogen-bond acceptors (Lipinski definition) is 4. The van der Waals surface area contributed by atoms with E-state index in [4.69, 9.17) is 5.73 Å². The normalized spacial score (nSPS) is 10.7. The van der Waals surface area contributed by atoms with E-state index in [0.29, 0.717) is 11.5 Å². The summed E-state index contributed by atoms with van der Waals surface area (Å²) in [4.78, 5) is 0. The van der Waals surface area contributed by atoms with E-state index in [2.05, 4.69) is 15.5 Å². The van der Waals surface area contributed by atoms with Crippen molar-refractivity contribution in [2.24, 2.45) is 0 Å². The smallest absolute Gasteiger partial charge is 0.189 e. The van der Waals surface area contributed by atoms with Crippen molar-refractivity contribution in [1.82, 2.24) is 20.2 Å². The van der Waals surface area contributed by atoms with E-state index in [-0.39, 0.29) is 0 Å². The van der Waals surface area contributed by atoms with Crippen LogP contribution in [0.3, 0.4) is 0 Å². The van der Waals surface area contributed by atoms with Gasteiger partial charge in [-0.3, -0.25) is 0 Å². The number of aryl methyl sites for hydroxylation is 2. The zero-order chi connectivity index (χ0) is 14.1. The lowest BCUT2D eigenvalue weighted by Crippen LogP contribution is -2.02. The van der Waals surface area contributed by atoms with Crippen molar-refractivity contribution in [1.29, 1.82) is 0 Å². The summed E-state index contributed by atoms with van der Waals surface area (Å²) in [6.45, 7) is 4.01. The van der Waals surface area contributed by atoms with E-state index in [1.165, 1.54) is 0 Å². The molecule has 2 N–H and O–H groups in total. The molecule has 100 valence electrons. The average Bonchev–Trinajstić information content (AvgIpc) is 2.91. The third kappa shape index (κ3) is 2.03. The van der Waals surface area contributed by atoms with E-state index < -0.39 is 0 Å². The molecule has 20 heavy (non-hydrogen) atoms. The van der Waals surface area contributed by atoms with Crippen LogP contribution < -0.4 is 5.73 Å². The van der Waals surface area contributed by atoms with Crippen molar-refractivity contribution >= 4 is 5.69 Å². The molecule has 0 bridgehead atoms. The highest BCUT2D eigenvalue weighted by Crippen LogP contribution is 2.27. The Morgan fingerprint density at radius 3 is 2.65 bits per heavy atom. The SMILES string of the molecule is Cc1cccc(-n2nnnc2-c2cccc(C)c2N)c1. The molecule has 0 atom stereocenters. The molecule has 5 nitrogen and oxygen atoms in total. The van der Waals surface area contributed by atoms with E-state index in [0.717, 1.165) is 22.4 Å². The quantitative estimate of drug-likeness (QED) is 0.723. The summed E-state index contributed by atoms with van der Waals surface area (Å²) in [5.74, 6) is 0.650. The highest BCUT2D eigenvalue weighted by atomic mass is 15.5. The van der Waals surface area contributed by atoms with Crippen LogP contribution in [0.5, 0.6) is 0 Å². The van der Waals surface area contributed by atoms with Gasteiger partial charge >= 0.3 is 0 Å². The van der Waals surface area contributed by atoms with Crippen molar-refractivity contribution in [3.63, 3.8) is 0 Å². The van der Waals surface area contributed by atoms with Crippen molar-refractivity contribution in [2.45, 2.75) is 13.8 Å². The summed E-state index contributed by atoms with van der Waals surface area (Å²) in [5, 5.41) is 12.0. The fourth-order valence-corrected chi connectivity index (χ4v) is 2.16. The van der Waals surface area contributed by atoms with Crippen molar-refractivity contribution < 1.29 is 0 Å². The largest absolute Gasteiger partial charge is 0.398 e. The van der Waals surface area contributed by atoms with Crippen molar-refractivity contribution in [2.75, 3.05) is 5.73 Å². The molecule has 0 unspecified atom stereocenters.